The number of piperidine rings is 1. The van der Waals surface area contributed by atoms with Crippen molar-refractivity contribution in [1.29, 1.82) is 0 Å². The average Bonchev–Trinajstić information content (AvgIpc) is 2.42. The molecule has 0 aromatic carbocycles. The van der Waals surface area contributed by atoms with E-state index in [-0.39, 0.29) is 5.41 Å². The van der Waals surface area contributed by atoms with Crippen LogP contribution < -0.4 is 10.6 Å². The highest BCUT2D eigenvalue weighted by Gasteiger charge is 2.48. The third kappa shape index (κ3) is 3.91. The minimum absolute atomic E-state index is 0.255. The van der Waals surface area contributed by atoms with Crippen molar-refractivity contribution in [2.75, 3.05) is 32.8 Å². The Morgan fingerprint density at radius 2 is 1.95 bits per heavy atom. The molecule has 2 aliphatic rings. The summed E-state index contributed by atoms with van der Waals surface area (Å²) in [5.74, 6) is 0. The predicted octanol–water partition coefficient (Wildman–Crippen LogP) is 1.55. The zero-order chi connectivity index (χ0) is 13.7. The number of ether oxygens (including phenoxy) is 2. The van der Waals surface area contributed by atoms with Gasteiger partial charge in [0.05, 0.1) is 18.8 Å². The Hall–Kier alpha value is -0.160. The molecular formula is C15H30N2O2. The van der Waals surface area contributed by atoms with Crippen LogP contribution in [0.1, 0.15) is 40.0 Å². The molecule has 0 aromatic rings. The first-order chi connectivity index (χ1) is 9.14. The van der Waals surface area contributed by atoms with E-state index in [0.29, 0.717) is 18.2 Å². The lowest BCUT2D eigenvalue weighted by Gasteiger charge is -2.52. The van der Waals surface area contributed by atoms with Gasteiger partial charge in [0.25, 0.3) is 0 Å². The molecule has 1 heterocycles. The van der Waals surface area contributed by atoms with Crippen LogP contribution in [0.4, 0.5) is 0 Å². The van der Waals surface area contributed by atoms with E-state index in [1.807, 2.05) is 0 Å². The van der Waals surface area contributed by atoms with Crippen molar-refractivity contribution >= 4 is 0 Å². The smallest absolute Gasteiger partial charge is 0.0655 e. The van der Waals surface area contributed by atoms with E-state index < -0.39 is 0 Å². The normalized spacial score (nSPS) is 31.1. The monoisotopic (exact) mass is 270 g/mol. The van der Waals surface area contributed by atoms with Gasteiger partial charge in [0.2, 0.25) is 0 Å². The largest absolute Gasteiger partial charge is 0.378 e. The lowest BCUT2D eigenvalue weighted by atomic mass is 9.64. The van der Waals surface area contributed by atoms with Crippen LogP contribution in [-0.4, -0.2) is 51.1 Å². The third-order valence-electron chi connectivity index (χ3n) is 4.68. The van der Waals surface area contributed by atoms with Crippen LogP contribution in [0.15, 0.2) is 0 Å². The molecule has 2 fully saturated rings. The first-order valence-corrected chi connectivity index (χ1v) is 7.82. The lowest BCUT2D eigenvalue weighted by molar-refractivity contribution is -0.115. The van der Waals surface area contributed by atoms with E-state index in [4.69, 9.17) is 9.47 Å². The lowest BCUT2D eigenvalue weighted by Crippen LogP contribution is -2.61. The summed E-state index contributed by atoms with van der Waals surface area (Å²) < 4.78 is 11.7. The summed E-state index contributed by atoms with van der Waals surface area (Å²) >= 11 is 0. The Bertz CT molecular complexity index is 265. The van der Waals surface area contributed by atoms with Crippen LogP contribution in [0.5, 0.6) is 0 Å². The Labute approximate surface area is 117 Å². The molecule has 19 heavy (non-hydrogen) atoms. The summed E-state index contributed by atoms with van der Waals surface area (Å²) in [4.78, 5) is 0. The van der Waals surface area contributed by atoms with Gasteiger partial charge < -0.3 is 20.1 Å². The van der Waals surface area contributed by atoms with Gasteiger partial charge in [-0.25, -0.2) is 0 Å². The molecule has 1 saturated heterocycles. The molecule has 0 bridgehead atoms. The van der Waals surface area contributed by atoms with Crippen molar-refractivity contribution in [2.24, 2.45) is 5.41 Å². The maximum atomic E-state index is 5.91. The van der Waals surface area contributed by atoms with Gasteiger partial charge in [-0.1, -0.05) is 13.8 Å². The number of hydrogen-bond donors (Lipinski definition) is 2. The molecule has 2 unspecified atom stereocenters. The van der Waals surface area contributed by atoms with Crippen molar-refractivity contribution in [1.82, 2.24) is 10.6 Å². The van der Waals surface area contributed by atoms with Crippen molar-refractivity contribution in [3.8, 4) is 0 Å². The van der Waals surface area contributed by atoms with Crippen LogP contribution in [0, 0.1) is 5.41 Å². The first-order valence-electron chi connectivity index (χ1n) is 7.82. The van der Waals surface area contributed by atoms with Crippen LogP contribution in [-0.2, 0) is 9.47 Å². The third-order valence-corrected chi connectivity index (χ3v) is 4.68. The maximum absolute atomic E-state index is 5.91. The molecule has 0 amide bonds. The van der Waals surface area contributed by atoms with E-state index in [1.165, 1.54) is 0 Å². The maximum Gasteiger partial charge on any atom is 0.0655 e. The highest BCUT2D eigenvalue weighted by molar-refractivity contribution is 5.02. The van der Waals surface area contributed by atoms with Gasteiger partial charge in [-0.15, -0.1) is 0 Å². The summed E-state index contributed by atoms with van der Waals surface area (Å²) in [6.07, 6.45) is 4.32. The van der Waals surface area contributed by atoms with Crippen LogP contribution in [0.25, 0.3) is 0 Å². The van der Waals surface area contributed by atoms with E-state index in [0.717, 1.165) is 52.1 Å². The Morgan fingerprint density at radius 3 is 2.58 bits per heavy atom. The molecule has 2 N–H and O–H groups in total. The second kappa shape index (κ2) is 7.02. The predicted molar refractivity (Wildman–Crippen MR) is 77.4 cm³/mol. The molecular weight excluding hydrogens is 240 g/mol. The fourth-order valence-electron chi connectivity index (χ4n) is 3.14. The average molecular weight is 270 g/mol. The van der Waals surface area contributed by atoms with Crippen molar-refractivity contribution in [2.45, 2.75) is 58.3 Å². The molecule has 0 aromatic heterocycles. The second-order valence-corrected chi connectivity index (χ2v) is 6.33. The SMILES string of the molecule is CCOC1CC(NCCOC2CCNCC2)C1(C)C. The summed E-state index contributed by atoms with van der Waals surface area (Å²) in [5, 5.41) is 6.98. The fourth-order valence-corrected chi connectivity index (χ4v) is 3.14. The summed E-state index contributed by atoms with van der Waals surface area (Å²) in [5.41, 5.74) is 0.255. The van der Waals surface area contributed by atoms with Gasteiger partial charge in [-0.3, -0.25) is 0 Å². The van der Waals surface area contributed by atoms with Crippen LogP contribution in [0.3, 0.4) is 0 Å². The van der Waals surface area contributed by atoms with Gasteiger partial charge in [-0.05, 0) is 39.3 Å². The first kappa shape index (κ1) is 15.2. The fraction of sp³-hybridized carbons (Fsp3) is 1.00. The minimum atomic E-state index is 0.255. The zero-order valence-electron chi connectivity index (χ0n) is 12.7. The van der Waals surface area contributed by atoms with E-state index in [9.17, 15) is 0 Å². The van der Waals surface area contributed by atoms with Gasteiger partial charge in [0.1, 0.15) is 0 Å². The zero-order valence-corrected chi connectivity index (χ0v) is 12.7. The Morgan fingerprint density at radius 1 is 1.21 bits per heavy atom. The van der Waals surface area contributed by atoms with Crippen molar-refractivity contribution in [3.63, 3.8) is 0 Å². The molecule has 0 radical (unpaired) electrons. The molecule has 4 heteroatoms. The van der Waals surface area contributed by atoms with Gasteiger partial charge in [0.15, 0.2) is 0 Å². The summed E-state index contributed by atoms with van der Waals surface area (Å²) in [6.45, 7) is 11.5. The number of nitrogens with one attached hydrogen (secondary N) is 2. The molecule has 112 valence electrons. The van der Waals surface area contributed by atoms with Crippen molar-refractivity contribution < 1.29 is 9.47 Å². The van der Waals surface area contributed by atoms with Crippen LogP contribution >= 0.6 is 0 Å². The molecule has 2 atom stereocenters. The van der Waals surface area contributed by atoms with E-state index >= 15 is 0 Å². The van der Waals surface area contributed by atoms with Gasteiger partial charge >= 0.3 is 0 Å². The Balaban J connectivity index is 1.56. The molecule has 1 aliphatic heterocycles. The summed E-state index contributed by atoms with van der Waals surface area (Å²) in [7, 11) is 0. The van der Waals surface area contributed by atoms with Gasteiger partial charge in [0, 0.05) is 24.6 Å². The highest BCUT2D eigenvalue weighted by atomic mass is 16.5. The van der Waals surface area contributed by atoms with Gasteiger partial charge in [-0.2, -0.15) is 0 Å². The second-order valence-electron chi connectivity index (χ2n) is 6.33. The number of rotatable bonds is 7. The molecule has 1 saturated carbocycles. The van der Waals surface area contributed by atoms with E-state index in [2.05, 4.69) is 31.4 Å². The Kier molecular flexibility index (Phi) is 5.63. The van der Waals surface area contributed by atoms with Crippen molar-refractivity contribution in [3.05, 3.63) is 0 Å². The summed E-state index contributed by atoms with van der Waals surface area (Å²) in [6, 6.07) is 0.570. The standard InChI is InChI=1S/C15H30N2O2/c1-4-18-14-11-13(15(14,2)3)17-9-10-19-12-5-7-16-8-6-12/h12-14,16-17H,4-11H2,1-3H3. The number of hydrogen-bond acceptors (Lipinski definition) is 4. The topological polar surface area (TPSA) is 42.5 Å². The quantitative estimate of drug-likeness (QED) is 0.689. The highest BCUT2D eigenvalue weighted by Crippen LogP contribution is 2.42. The molecule has 1 aliphatic carbocycles. The molecule has 4 nitrogen and oxygen atoms in total. The molecule has 2 rings (SSSR count). The molecule has 0 spiro atoms. The van der Waals surface area contributed by atoms with Crippen LogP contribution in [0.2, 0.25) is 0 Å². The van der Waals surface area contributed by atoms with E-state index in [1.54, 1.807) is 0 Å². The minimum Gasteiger partial charge on any atom is -0.378 e.